The van der Waals surface area contributed by atoms with E-state index < -0.39 is 0 Å². The summed E-state index contributed by atoms with van der Waals surface area (Å²) in [6, 6.07) is 7.73. The topological polar surface area (TPSA) is 55.9 Å². The molecule has 3 N–H and O–H groups in total. The van der Waals surface area contributed by atoms with E-state index in [1.165, 1.54) is 0 Å². The van der Waals surface area contributed by atoms with Crippen molar-refractivity contribution in [1.29, 1.82) is 0 Å². The van der Waals surface area contributed by atoms with Crippen molar-refractivity contribution in [2.45, 2.75) is 32.9 Å². The van der Waals surface area contributed by atoms with Gasteiger partial charge in [-0.15, -0.1) is 0 Å². The molecule has 108 valence electrons. The normalized spacial score (nSPS) is 12.7. The van der Waals surface area contributed by atoms with Crippen molar-refractivity contribution in [3.05, 3.63) is 50.7 Å². The Bertz CT molecular complexity index is 597. The van der Waals surface area contributed by atoms with Gasteiger partial charge < -0.3 is 0 Å². The second-order valence-corrected chi connectivity index (χ2v) is 5.87. The van der Waals surface area contributed by atoms with Crippen LogP contribution in [0.1, 0.15) is 29.9 Å². The molecule has 2 aromatic rings. The van der Waals surface area contributed by atoms with Gasteiger partial charge >= 0.3 is 0 Å². The largest absolute Gasteiger partial charge is 0.271 e. The smallest absolute Gasteiger partial charge is 0.0738 e. The maximum absolute atomic E-state index is 6.05. The van der Waals surface area contributed by atoms with Gasteiger partial charge in [-0.1, -0.05) is 23.7 Å². The summed E-state index contributed by atoms with van der Waals surface area (Å²) in [5.41, 5.74) is 6.05. The molecule has 0 fully saturated rings. The van der Waals surface area contributed by atoms with Crippen molar-refractivity contribution < 1.29 is 0 Å². The van der Waals surface area contributed by atoms with Gasteiger partial charge in [-0.2, -0.15) is 5.10 Å². The highest BCUT2D eigenvalue weighted by Gasteiger charge is 2.18. The van der Waals surface area contributed by atoms with Gasteiger partial charge in [-0.3, -0.25) is 16.0 Å². The first kappa shape index (κ1) is 15.5. The Balaban J connectivity index is 2.31. The fraction of sp³-hybridized carbons (Fsp3) is 0.357. The van der Waals surface area contributed by atoms with Crippen LogP contribution in [-0.2, 0) is 13.0 Å². The van der Waals surface area contributed by atoms with Crippen molar-refractivity contribution in [1.82, 2.24) is 15.2 Å². The SMILES string of the molecule is CCn1nc(C)c(Br)c1CC(NN)c1cccc(Cl)c1. The number of aryl methyl sites for hydroxylation is 2. The average Bonchev–Trinajstić information content (AvgIpc) is 2.71. The first-order chi connectivity index (χ1) is 9.56. The van der Waals surface area contributed by atoms with Crippen LogP contribution in [-0.4, -0.2) is 9.78 Å². The van der Waals surface area contributed by atoms with Crippen LogP contribution in [0.5, 0.6) is 0 Å². The van der Waals surface area contributed by atoms with Crippen molar-refractivity contribution in [2.24, 2.45) is 5.84 Å². The van der Waals surface area contributed by atoms with Crippen molar-refractivity contribution >= 4 is 27.5 Å². The van der Waals surface area contributed by atoms with Gasteiger partial charge in [0.2, 0.25) is 0 Å². The van der Waals surface area contributed by atoms with E-state index in [-0.39, 0.29) is 6.04 Å². The van der Waals surface area contributed by atoms with E-state index in [2.05, 4.69) is 33.4 Å². The molecule has 0 aliphatic rings. The van der Waals surface area contributed by atoms with Gasteiger partial charge in [0.25, 0.3) is 0 Å². The van der Waals surface area contributed by atoms with Gasteiger partial charge in [0.05, 0.1) is 21.9 Å². The summed E-state index contributed by atoms with van der Waals surface area (Å²) >= 11 is 9.66. The highest BCUT2D eigenvalue weighted by atomic mass is 79.9. The number of nitrogens with one attached hydrogen (secondary N) is 1. The minimum Gasteiger partial charge on any atom is -0.271 e. The maximum Gasteiger partial charge on any atom is 0.0738 e. The lowest BCUT2D eigenvalue weighted by Gasteiger charge is -2.17. The predicted octanol–water partition coefficient (Wildman–Crippen LogP) is 3.37. The van der Waals surface area contributed by atoms with E-state index in [9.17, 15) is 0 Å². The standard InChI is InChI=1S/C14H18BrClN4/c1-3-20-13(14(15)9(2)19-20)8-12(18-17)10-5-4-6-11(16)7-10/h4-7,12,18H,3,8,17H2,1-2H3. The van der Waals surface area contributed by atoms with E-state index in [1.807, 2.05) is 35.9 Å². The summed E-state index contributed by atoms with van der Waals surface area (Å²) in [6.07, 6.45) is 0.742. The van der Waals surface area contributed by atoms with Crippen LogP contribution in [0.4, 0.5) is 0 Å². The molecule has 1 aromatic heterocycles. The van der Waals surface area contributed by atoms with Gasteiger partial charge in [0.1, 0.15) is 0 Å². The minimum atomic E-state index is -0.00796. The molecule has 1 atom stereocenters. The summed E-state index contributed by atoms with van der Waals surface area (Å²) in [5, 5.41) is 5.21. The van der Waals surface area contributed by atoms with Crippen LogP contribution in [0.15, 0.2) is 28.7 Å². The molecule has 0 bridgehead atoms. The maximum atomic E-state index is 6.05. The Kier molecular flexibility index (Phi) is 5.21. The van der Waals surface area contributed by atoms with Gasteiger partial charge in [0.15, 0.2) is 0 Å². The Labute approximate surface area is 132 Å². The number of hydrogen-bond donors (Lipinski definition) is 2. The third kappa shape index (κ3) is 3.23. The van der Waals surface area contributed by atoms with E-state index >= 15 is 0 Å². The van der Waals surface area contributed by atoms with Crippen LogP contribution in [0.25, 0.3) is 0 Å². The van der Waals surface area contributed by atoms with Crippen LogP contribution in [0.2, 0.25) is 5.02 Å². The van der Waals surface area contributed by atoms with Crippen LogP contribution in [0.3, 0.4) is 0 Å². The number of halogens is 2. The third-order valence-corrected chi connectivity index (χ3v) is 4.57. The molecule has 20 heavy (non-hydrogen) atoms. The van der Waals surface area contributed by atoms with E-state index in [0.717, 1.165) is 34.4 Å². The summed E-state index contributed by atoms with van der Waals surface area (Å²) in [5.74, 6) is 5.71. The zero-order valence-electron chi connectivity index (χ0n) is 11.5. The molecule has 1 aromatic carbocycles. The van der Waals surface area contributed by atoms with Gasteiger partial charge in [-0.05, 0) is 47.5 Å². The second-order valence-electron chi connectivity index (χ2n) is 4.64. The summed E-state index contributed by atoms with van der Waals surface area (Å²) in [4.78, 5) is 0. The molecule has 0 radical (unpaired) electrons. The lowest BCUT2D eigenvalue weighted by molar-refractivity contribution is 0.516. The lowest BCUT2D eigenvalue weighted by atomic mass is 10.0. The highest BCUT2D eigenvalue weighted by Crippen LogP contribution is 2.27. The zero-order chi connectivity index (χ0) is 14.7. The number of nitrogens with zero attached hydrogens (tertiary/aromatic N) is 2. The molecule has 0 aliphatic carbocycles. The predicted molar refractivity (Wildman–Crippen MR) is 85.6 cm³/mol. The number of hydrogen-bond acceptors (Lipinski definition) is 3. The first-order valence-electron chi connectivity index (χ1n) is 6.50. The Morgan fingerprint density at radius 3 is 2.85 bits per heavy atom. The molecule has 0 spiro atoms. The molecule has 0 aliphatic heterocycles. The quantitative estimate of drug-likeness (QED) is 0.637. The van der Waals surface area contributed by atoms with Crippen LogP contribution in [0, 0.1) is 6.92 Å². The third-order valence-electron chi connectivity index (χ3n) is 3.30. The number of aromatic nitrogens is 2. The molecule has 1 heterocycles. The minimum absolute atomic E-state index is 0.00796. The first-order valence-corrected chi connectivity index (χ1v) is 7.67. The molecule has 4 nitrogen and oxygen atoms in total. The molecule has 2 rings (SSSR count). The zero-order valence-corrected chi connectivity index (χ0v) is 13.9. The van der Waals surface area contributed by atoms with Gasteiger partial charge in [-0.25, -0.2) is 0 Å². The fourth-order valence-corrected chi connectivity index (χ4v) is 2.90. The summed E-state index contributed by atoms with van der Waals surface area (Å²) in [7, 11) is 0. The van der Waals surface area contributed by atoms with Gasteiger partial charge in [0, 0.05) is 18.0 Å². The number of nitrogens with two attached hydrogens (primary N) is 1. The van der Waals surface area contributed by atoms with Crippen molar-refractivity contribution in [3.63, 3.8) is 0 Å². The highest BCUT2D eigenvalue weighted by molar-refractivity contribution is 9.10. The average molecular weight is 358 g/mol. The lowest BCUT2D eigenvalue weighted by Crippen LogP contribution is -2.30. The number of rotatable bonds is 5. The van der Waals surface area contributed by atoms with E-state index in [0.29, 0.717) is 5.02 Å². The van der Waals surface area contributed by atoms with E-state index in [4.69, 9.17) is 17.4 Å². The molecular formula is C14H18BrClN4. The Morgan fingerprint density at radius 1 is 1.50 bits per heavy atom. The molecule has 6 heteroatoms. The van der Waals surface area contributed by atoms with Crippen molar-refractivity contribution in [2.75, 3.05) is 0 Å². The van der Waals surface area contributed by atoms with Crippen LogP contribution >= 0.6 is 27.5 Å². The molecule has 0 saturated heterocycles. The fourth-order valence-electron chi connectivity index (χ4n) is 2.25. The Hall–Kier alpha value is -0.880. The summed E-state index contributed by atoms with van der Waals surface area (Å²) in [6.45, 7) is 4.89. The summed E-state index contributed by atoms with van der Waals surface area (Å²) < 4.78 is 3.04. The molecule has 0 amide bonds. The number of hydrazine groups is 1. The van der Waals surface area contributed by atoms with E-state index in [1.54, 1.807) is 0 Å². The van der Waals surface area contributed by atoms with Crippen LogP contribution < -0.4 is 11.3 Å². The monoisotopic (exact) mass is 356 g/mol. The number of benzene rings is 1. The molecule has 1 unspecified atom stereocenters. The molecule has 0 saturated carbocycles. The second kappa shape index (κ2) is 6.72. The van der Waals surface area contributed by atoms with Crippen molar-refractivity contribution in [3.8, 4) is 0 Å². The molecular weight excluding hydrogens is 340 g/mol. The Morgan fingerprint density at radius 2 is 2.25 bits per heavy atom.